The second kappa shape index (κ2) is 5.94. The average Bonchev–Trinajstić information content (AvgIpc) is 2.75. The van der Waals surface area contributed by atoms with Gasteiger partial charge < -0.3 is 5.11 Å². The third-order valence-electron chi connectivity index (χ3n) is 3.25. The van der Waals surface area contributed by atoms with Crippen LogP contribution in [0, 0.1) is 6.92 Å². The van der Waals surface area contributed by atoms with Crippen LogP contribution in [-0.2, 0) is 4.79 Å². The fourth-order valence-electron chi connectivity index (χ4n) is 2.15. The molecular weight excluding hydrogens is 314 g/mol. The Morgan fingerprint density at radius 1 is 1.18 bits per heavy atom. The van der Waals surface area contributed by atoms with E-state index in [-0.39, 0.29) is 11.7 Å². The number of carbonyl (C=O) groups is 1. The topological polar surface area (TPSA) is 40.5 Å². The summed E-state index contributed by atoms with van der Waals surface area (Å²) in [7, 11) is 0. The lowest BCUT2D eigenvalue weighted by Gasteiger charge is -2.14. The molecule has 1 aliphatic rings. The van der Waals surface area contributed by atoms with Crippen LogP contribution in [0.1, 0.15) is 11.1 Å². The highest BCUT2D eigenvalue weighted by Gasteiger charge is 2.33. The molecule has 3 rings (SSSR count). The molecule has 0 bridgehead atoms. The maximum absolute atomic E-state index is 12.6. The predicted octanol–water partition coefficient (Wildman–Crippen LogP) is 4.11. The van der Waals surface area contributed by atoms with Crippen LogP contribution in [-0.4, -0.2) is 15.3 Å². The Hall–Kier alpha value is -2.11. The minimum absolute atomic E-state index is 0.137. The Balaban J connectivity index is 1.93. The summed E-state index contributed by atoms with van der Waals surface area (Å²) in [5.41, 5.74) is 2.67. The molecule has 2 aromatic carbocycles. The Kier molecular flexibility index (Phi) is 4.00. The Morgan fingerprint density at radius 2 is 1.91 bits per heavy atom. The maximum atomic E-state index is 12.6. The van der Waals surface area contributed by atoms with Gasteiger partial charge in [0.25, 0.3) is 5.91 Å². The van der Waals surface area contributed by atoms with E-state index in [2.05, 4.69) is 0 Å². The minimum Gasteiger partial charge on any atom is -0.508 e. The molecule has 0 aromatic heterocycles. The lowest BCUT2D eigenvalue weighted by Crippen LogP contribution is -2.27. The second-order valence-electron chi connectivity index (χ2n) is 4.95. The summed E-state index contributed by atoms with van der Waals surface area (Å²) >= 11 is 6.60. The van der Waals surface area contributed by atoms with E-state index >= 15 is 0 Å². The number of rotatable bonds is 2. The Labute approximate surface area is 138 Å². The van der Waals surface area contributed by atoms with Gasteiger partial charge in [0.2, 0.25) is 0 Å². The Bertz CT molecular complexity index is 782. The van der Waals surface area contributed by atoms with Crippen molar-refractivity contribution in [1.29, 1.82) is 0 Å². The van der Waals surface area contributed by atoms with Crippen molar-refractivity contribution >= 4 is 46.0 Å². The third kappa shape index (κ3) is 2.91. The zero-order chi connectivity index (χ0) is 15.7. The highest BCUT2D eigenvalue weighted by Crippen LogP contribution is 2.36. The third-order valence-corrected chi connectivity index (χ3v) is 4.56. The number of benzene rings is 2. The van der Waals surface area contributed by atoms with E-state index in [0.717, 1.165) is 16.8 Å². The van der Waals surface area contributed by atoms with Crippen molar-refractivity contribution in [2.24, 2.45) is 0 Å². The van der Waals surface area contributed by atoms with Gasteiger partial charge in [-0.3, -0.25) is 9.69 Å². The van der Waals surface area contributed by atoms with Gasteiger partial charge in [-0.15, -0.1) is 0 Å². The molecule has 1 aliphatic heterocycles. The van der Waals surface area contributed by atoms with Crippen LogP contribution in [0.3, 0.4) is 0 Å². The van der Waals surface area contributed by atoms with E-state index in [4.69, 9.17) is 12.2 Å². The average molecular weight is 327 g/mol. The first-order valence-corrected chi connectivity index (χ1v) is 7.91. The van der Waals surface area contributed by atoms with Gasteiger partial charge in [0, 0.05) is 0 Å². The van der Waals surface area contributed by atoms with E-state index in [1.807, 2.05) is 37.3 Å². The van der Waals surface area contributed by atoms with Gasteiger partial charge in [-0.2, -0.15) is 0 Å². The molecule has 110 valence electrons. The monoisotopic (exact) mass is 327 g/mol. The van der Waals surface area contributed by atoms with Gasteiger partial charge in [-0.1, -0.05) is 53.8 Å². The van der Waals surface area contributed by atoms with Gasteiger partial charge in [0.05, 0.1) is 10.6 Å². The SMILES string of the molecule is Cc1ccc(N2C(=O)/C(=C/c3cccc(O)c3)SC2=S)cc1. The number of nitrogens with zero attached hydrogens (tertiary/aromatic N) is 1. The number of phenolic OH excluding ortho intramolecular Hbond substituents is 1. The van der Waals surface area contributed by atoms with E-state index in [9.17, 15) is 9.90 Å². The van der Waals surface area contributed by atoms with E-state index in [0.29, 0.717) is 9.23 Å². The smallest absolute Gasteiger partial charge is 0.270 e. The summed E-state index contributed by atoms with van der Waals surface area (Å²) in [6.45, 7) is 2.00. The summed E-state index contributed by atoms with van der Waals surface area (Å²) in [5, 5.41) is 9.50. The first-order valence-electron chi connectivity index (χ1n) is 6.68. The molecule has 1 N–H and O–H groups in total. The molecule has 1 fully saturated rings. The number of phenols is 1. The van der Waals surface area contributed by atoms with Gasteiger partial charge in [0.15, 0.2) is 4.32 Å². The fraction of sp³-hybridized carbons (Fsp3) is 0.0588. The highest BCUT2D eigenvalue weighted by atomic mass is 32.2. The quantitative estimate of drug-likeness (QED) is 0.666. The summed E-state index contributed by atoms with van der Waals surface area (Å²) in [4.78, 5) is 14.7. The van der Waals surface area contributed by atoms with Crippen LogP contribution < -0.4 is 4.90 Å². The molecule has 1 saturated heterocycles. The zero-order valence-corrected chi connectivity index (χ0v) is 13.4. The molecule has 22 heavy (non-hydrogen) atoms. The number of aryl methyl sites for hydroxylation is 1. The minimum atomic E-state index is -0.137. The van der Waals surface area contributed by atoms with Crippen LogP contribution in [0.2, 0.25) is 0 Å². The van der Waals surface area contributed by atoms with E-state index in [1.54, 1.807) is 24.3 Å². The molecule has 5 heteroatoms. The van der Waals surface area contributed by atoms with Crippen molar-refractivity contribution in [3.8, 4) is 5.75 Å². The summed E-state index contributed by atoms with van der Waals surface area (Å²) < 4.78 is 0.514. The van der Waals surface area contributed by atoms with Gasteiger partial charge >= 0.3 is 0 Å². The van der Waals surface area contributed by atoms with Crippen LogP contribution in [0.25, 0.3) is 6.08 Å². The molecule has 1 heterocycles. The van der Waals surface area contributed by atoms with E-state index < -0.39 is 0 Å². The summed E-state index contributed by atoms with van der Waals surface area (Å²) in [6, 6.07) is 14.4. The largest absolute Gasteiger partial charge is 0.508 e. The van der Waals surface area contributed by atoms with Crippen molar-refractivity contribution in [2.45, 2.75) is 6.92 Å². The summed E-state index contributed by atoms with van der Waals surface area (Å²) in [5.74, 6) is 0.0324. The van der Waals surface area contributed by atoms with Gasteiger partial charge in [-0.05, 0) is 42.8 Å². The van der Waals surface area contributed by atoms with Crippen molar-refractivity contribution in [2.75, 3.05) is 4.90 Å². The molecule has 0 saturated carbocycles. The van der Waals surface area contributed by atoms with Gasteiger partial charge in [-0.25, -0.2) is 0 Å². The summed E-state index contributed by atoms with van der Waals surface area (Å²) in [6.07, 6.45) is 1.74. The highest BCUT2D eigenvalue weighted by molar-refractivity contribution is 8.27. The van der Waals surface area contributed by atoms with Crippen molar-refractivity contribution in [3.05, 3.63) is 64.6 Å². The number of amides is 1. The van der Waals surface area contributed by atoms with Crippen LogP contribution in [0.5, 0.6) is 5.75 Å². The number of thioether (sulfide) groups is 1. The van der Waals surface area contributed by atoms with Crippen LogP contribution in [0.15, 0.2) is 53.4 Å². The molecule has 0 radical (unpaired) electrons. The first-order chi connectivity index (χ1) is 10.5. The zero-order valence-electron chi connectivity index (χ0n) is 11.8. The number of hydrogen-bond acceptors (Lipinski definition) is 4. The lowest BCUT2D eigenvalue weighted by molar-refractivity contribution is -0.113. The standard InChI is InChI=1S/C17H13NO2S2/c1-11-5-7-13(8-6-11)18-16(20)15(22-17(18)21)10-12-3-2-4-14(19)9-12/h2-10,19H,1H3/b15-10-. The number of carbonyl (C=O) groups excluding carboxylic acids is 1. The molecule has 2 aromatic rings. The Morgan fingerprint density at radius 3 is 2.59 bits per heavy atom. The van der Waals surface area contributed by atoms with Crippen LogP contribution >= 0.6 is 24.0 Å². The second-order valence-corrected chi connectivity index (χ2v) is 6.62. The van der Waals surface area contributed by atoms with Gasteiger partial charge in [0.1, 0.15) is 5.75 Å². The molecule has 0 aliphatic carbocycles. The first kappa shape index (κ1) is 14.8. The molecule has 1 amide bonds. The number of anilines is 1. The molecule has 3 nitrogen and oxygen atoms in total. The lowest BCUT2D eigenvalue weighted by atomic mass is 10.2. The number of hydrogen-bond donors (Lipinski definition) is 1. The normalized spacial score (nSPS) is 16.6. The molecular formula is C17H13NO2S2. The predicted molar refractivity (Wildman–Crippen MR) is 94.9 cm³/mol. The molecule has 0 spiro atoms. The van der Waals surface area contributed by atoms with Crippen molar-refractivity contribution < 1.29 is 9.90 Å². The van der Waals surface area contributed by atoms with Crippen LogP contribution in [0.4, 0.5) is 5.69 Å². The number of thiocarbonyl (C=S) groups is 1. The fourth-order valence-corrected chi connectivity index (χ4v) is 3.45. The molecule has 0 unspecified atom stereocenters. The maximum Gasteiger partial charge on any atom is 0.270 e. The number of aromatic hydroxyl groups is 1. The van der Waals surface area contributed by atoms with E-state index in [1.165, 1.54) is 16.7 Å². The van der Waals surface area contributed by atoms with Crippen molar-refractivity contribution in [3.63, 3.8) is 0 Å². The van der Waals surface area contributed by atoms with Crippen molar-refractivity contribution in [1.82, 2.24) is 0 Å². The molecule has 0 atom stereocenters.